The third-order valence-electron chi connectivity index (χ3n) is 4.97. The monoisotopic (exact) mass is 461 g/mol. The zero-order valence-electron chi connectivity index (χ0n) is 17.2. The molecule has 0 bridgehead atoms. The van der Waals surface area contributed by atoms with Crippen LogP contribution in [0.2, 0.25) is 0 Å². The van der Waals surface area contributed by atoms with E-state index in [1.807, 2.05) is 34.0 Å². The normalized spacial score (nSPS) is 16.2. The van der Waals surface area contributed by atoms with Gasteiger partial charge >= 0.3 is 0 Å². The van der Waals surface area contributed by atoms with Gasteiger partial charge in [0.1, 0.15) is 5.82 Å². The number of ether oxygens (including phenoxy) is 1. The number of benzene rings is 1. The van der Waals surface area contributed by atoms with Gasteiger partial charge in [-0.15, -0.1) is 16.4 Å². The quantitative estimate of drug-likeness (QED) is 0.514. The lowest BCUT2D eigenvalue weighted by Gasteiger charge is -2.16. The van der Waals surface area contributed by atoms with Crippen LogP contribution in [0.3, 0.4) is 0 Å². The Kier molecular flexibility index (Phi) is 6.91. The average molecular weight is 462 g/mol. The van der Waals surface area contributed by atoms with Crippen LogP contribution in [0.1, 0.15) is 12.8 Å². The molecule has 0 radical (unpaired) electrons. The molecule has 1 N–H and O–H groups in total. The molecule has 1 fully saturated rings. The molecular formula is C21H24FN5O2S2. The van der Waals surface area contributed by atoms with Crippen LogP contribution in [0.15, 0.2) is 41.8 Å². The van der Waals surface area contributed by atoms with Gasteiger partial charge in [0.25, 0.3) is 0 Å². The van der Waals surface area contributed by atoms with E-state index in [2.05, 4.69) is 5.32 Å². The number of aromatic nitrogens is 3. The number of halogens is 1. The largest absolute Gasteiger partial charge is 0.376 e. The molecule has 1 saturated heterocycles. The first-order chi connectivity index (χ1) is 15.0. The summed E-state index contributed by atoms with van der Waals surface area (Å²) in [7, 11) is 1.82. The van der Waals surface area contributed by atoms with Crippen molar-refractivity contribution >= 4 is 35.1 Å². The zero-order chi connectivity index (χ0) is 21.8. The standard InChI is InChI=1S/C21H24FN5O2S2/c1-25(13-19(28)23-16-6-2-5-15(22)11-16)14-27-21(30)26(12-17-7-3-9-29-17)20(24-27)18-8-4-10-31-18/h2,4-6,8,10-11,17H,3,7,9,12-14H2,1H3,(H,23,28)/t17-/m1/s1. The Labute approximate surface area is 189 Å². The second-order valence-electron chi connectivity index (χ2n) is 7.54. The Morgan fingerprint density at radius 1 is 1.42 bits per heavy atom. The van der Waals surface area contributed by atoms with Crippen LogP contribution in [0.4, 0.5) is 10.1 Å². The number of carbonyl (C=O) groups is 1. The lowest BCUT2D eigenvalue weighted by molar-refractivity contribution is -0.117. The van der Waals surface area contributed by atoms with Gasteiger partial charge in [0.05, 0.1) is 30.7 Å². The fourth-order valence-electron chi connectivity index (χ4n) is 3.57. The molecule has 7 nitrogen and oxygen atoms in total. The van der Waals surface area contributed by atoms with Gasteiger partial charge in [0, 0.05) is 12.3 Å². The Balaban J connectivity index is 1.47. The summed E-state index contributed by atoms with van der Waals surface area (Å²) in [5, 5.41) is 9.46. The minimum Gasteiger partial charge on any atom is -0.376 e. The van der Waals surface area contributed by atoms with E-state index in [1.54, 1.807) is 28.2 Å². The Hall–Kier alpha value is -2.40. The Morgan fingerprint density at radius 3 is 3.00 bits per heavy atom. The number of hydrogen-bond donors (Lipinski definition) is 1. The van der Waals surface area contributed by atoms with Crippen molar-refractivity contribution in [3.05, 3.63) is 52.4 Å². The number of amides is 1. The minimum absolute atomic E-state index is 0.116. The second-order valence-corrected chi connectivity index (χ2v) is 8.86. The van der Waals surface area contributed by atoms with Gasteiger partial charge in [-0.3, -0.25) is 14.3 Å². The van der Waals surface area contributed by atoms with Gasteiger partial charge in [0.2, 0.25) is 5.91 Å². The molecule has 10 heteroatoms. The number of rotatable bonds is 8. The summed E-state index contributed by atoms with van der Waals surface area (Å²) in [6.45, 7) is 1.91. The first kappa shape index (κ1) is 21.8. The fourth-order valence-corrected chi connectivity index (χ4v) is 4.55. The highest BCUT2D eigenvalue weighted by Gasteiger charge is 2.21. The molecule has 1 aromatic carbocycles. The molecule has 2 aromatic heterocycles. The van der Waals surface area contributed by atoms with E-state index in [9.17, 15) is 9.18 Å². The predicted octanol–water partition coefficient (Wildman–Crippen LogP) is 3.99. The number of thiophene rings is 1. The maximum Gasteiger partial charge on any atom is 0.238 e. The average Bonchev–Trinajstić information content (AvgIpc) is 3.47. The molecule has 0 aliphatic carbocycles. The van der Waals surface area contributed by atoms with Crippen molar-refractivity contribution in [1.82, 2.24) is 19.2 Å². The van der Waals surface area contributed by atoms with Crippen LogP contribution in [0, 0.1) is 10.6 Å². The van der Waals surface area contributed by atoms with Crippen LogP contribution in [0.5, 0.6) is 0 Å². The predicted molar refractivity (Wildman–Crippen MR) is 121 cm³/mol. The van der Waals surface area contributed by atoms with E-state index in [1.165, 1.54) is 12.1 Å². The smallest absolute Gasteiger partial charge is 0.238 e. The van der Waals surface area contributed by atoms with Crippen molar-refractivity contribution < 1.29 is 13.9 Å². The van der Waals surface area contributed by atoms with E-state index in [0.717, 1.165) is 30.2 Å². The van der Waals surface area contributed by atoms with Gasteiger partial charge < -0.3 is 10.1 Å². The lowest BCUT2D eigenvalue weighted by Crippen LogP contribution is -2.32. The summed E-state index contributed by atoms with van der Waals surface area (Å²) >= 11 is 7.33. The molecule has 1 aliphatic heterocycles. The third kappa shape index (κ3) is 5.45. The second kappa shape index (κ2) is 9.82. The van der Waals surface area contributed by atoms with Crippen LogP contribution in [-0.4, -0.2) is 51.5 Å². The molecule has 0 saturated carbocycles. The fraction of sp³-hybridized carbons (Fsp3) is 0.381. The zero-order valence-corrected chi connectivity index (χ0v) is 18.8. The highest BCUT2D eigenvalue weighted by molar-refractivity contribution is 7.71. The van der Waals surface area contributed by atoms with Gasteiger partial charge in [-0.05, 0) is 61.8 Å². The van der Waals surface area contributed by atoms with Crippen molar-refractivity contribution in [3.63, 3.8) is 0 Å². The lowest BCUT2D eigenvalue weighted by atomic mass is 10.2. The first-order valence-electron chi connectivity index (χ1n) is 10.1. The molecule has 1 aliphatic rings. The molecule has 1 atom stereocenters. The van der Waals surface area contributed by atoms with Crippen LogP contribution in [0.25, 0.3) is 10.7 Å². The third-order valence-corrected chi connectivity index (χ3v) is 6.27. The molecular weight excluding hydrogens is 437 g/mol. The molecule has 3 aromatic rings. The van der Waals surface area contributed by atoms with Crippen LogP contribution >= 0.6 is 23.6 Å². The van der Waals surface area contributed by atoms with E-state index < -0.39 is 5.82 Å². The maximum absolute atomic E-state index is 13.3. The number of carbonyl (C=O) groups excluding carboxylic acids is 1. The molecule has 31 heavy (non-hydrogen) atoms. The van der Waals surface area contributed by atoms with Crippen LogP contribution in [-0.2, 0) is 22.7 Å². The highest BCUT2D eigenvalue weighted by Crippen LogP contribution is 2.25. The van der Waals surface area contributed by atoms with Crippen molar-refractivity contribution in [2.24, 2.45) is 0 Å². The Bertz CT molecular complexity index is 1090. The number of nitrogens with one attached hydrogen (secondary N) is 1. The minimum atomic E-state index is -0.393. The summed E-state index contributed by atoms with van der Waals surface area (Å²) in [4.78, 5) is 15.2. The summed E-state index contributed by atoms with van der Waals surface area (Å²) in [6, 6.07) is 9.84. The van der Waals surface area contributed by atoms with Crippen molar-refractivity contribution in [1.29, 1.82) is 0 Å². The summed E-state index contributed by atoms with van der Waals surface area (Å²) in [6.07, 6.45) is 2.21. The Morgan fingerprint density at radius 2 is 2.29 bits per heavy atom. The summed E-state index contributed by atoms with van der Waals surface area (Å²) < 4.78 is 23.5. The summed E-state index contributed by atoms with van der Waals surface area (Å²) in [5.74, 6) is 0.181. The number of likely N-dealkylation sites (N-methyl/N-ethyl adjacent to an activating group) is 1. The number of anilines is 1. The van der Waals surface area contributed by atoms with E-state index in [0.29, 0.717) is 23.7 Å². The van der Waals surface area contributed by atoms with Gasteiger partial charge in [0.15, 0.2) is 10.6 Å². The van der Waals surface area contributed by atoms with Crippen molar-refractivity contribution in [2.45, 2.75) is 32.2 Å². The first-order valence-corrected chi connectivity index (χ1v) is 11.4. The SMILES string of the molecule is CN(CC(=O)Nc1cccc(F)c1)Cn1nc(-c2cccs2)n(C[C@H]2CCCO2)c1=S. The van der Waals surface area contributed by atoms with E-state index >= 15 is 0 Å². The molecule has 3 heterocycles. The topological polar surface area (TPSA) is 64.3 Å². The van der Waals surface area contributed by atoms with Crippen molar-refractivity contribution in [2.75, 3.05) is 25.5 Å². The summed E-state index contributed by atoms with van der Waals surface area (Å²) in [5.41, 5.74) is 0.427. The van der Waals surface area contributed by atoms with E-state index in [4.69, 9.17) is 22.1 Å². The molecule has 1 amide bonds. The molecule has 0 spiro atoms. The van der Waals surface area contributed by atoms with Gasteiger partial charge in [-0.2, -0.15) is 0 Å². The highest BCUT2D eigenvalue weighted by atomic mass is 32.1. The number of nitrogens with zero attached hydrogens (tertiary/aromatic N) is 4. The molecule has 164 valence electrons. The molecule has 4 rings (SSSR count). The molecule has 0 unspecified atom stereocenters. The van der Waals surface area contributed by atoms with E-state index in [-0.39, 0.29) is 18.6 Å². The number of hydrogen-bond acceptors (Lipinski definition) is 6. The van der Waals surface area contributed by atoms with Gasteiger partial charge in [-0.1, -0.05) is 12.1 Å². The maximum atomic E-state index is 13.3. The van der Waals surface area contributed by atoms with Crippen LogP contribution < -0.4 is 5.32 Å². The van der Waals surface area contributed by atoms with Crippen molar-refractivity contribution in [3.8, 4) is 10.7 Å². The van der Waals surface area contributed by atoms with Gasteiger partial charge in [-0.25, -0.2) is 9.07 Å².